The molecule has 0 radical (unpaired) electrons. The molecular weight excluding hydrogens is 312 g/mol. The number of hydrazine groups is 6. The molecule has 0 aromatic heterocycles. The highest BCUT2D eigenvalue weighted by Gasteiger charge is 2.26. The molecule has 12 nitrogen and oxygen atoms in total. The van der Waals surface area contributed by atoms with Crippen molar-refractivity contribution in [1.82, 2.24) is 62.6 Å². The number of nitrogens with zero attached hydrogens (tertiary/aromatic N) is 6. The lowest BCUT2D eigenvalue weighted by Gasteiger charge is -2.45. The van der Waals surface area contributed by atoms with E-state index in [1.54, 1.807) is 0 Å². The molecule has 5 heterocycles. The zero-order valence-electron chi connectivity index (χ0n) is 14.2. The van der Waals surface area contributed by atoms with Crippen molar-refractivity contribution in [1.29, 1.82) is 0 Å². The van der Waals surface area contributed by atoms with Gasteiger partial charge in [0.1, 0.15) is 0 Å². The maximum Gasteiger partial charge on any atom is 0.0812 e. The second-order valence-corrected chi connectivity index (χ2v) is 6.54. The third-order valence-corrected chi connectivity index (χ3v) is 4.44. The molecule has 0 aromatic rings. The minimum Gasteiger partial charge on any atom is -0.251 e. The standard InChI is InChI=1S/C12H30N12/c1-2-14-20-9-23-12-24(10-20)18-6-4-16-22-8-19(13-1)7-21(11-22)15-3-5-17-23/h13-18H,1-12H2. The van der Waals surface area contributed by atoms with E-state index in [1.165, 1.54) is 0 Å². The molecule has 12 heteroatoms. The fraction of sp³-hybridized carbons (Fsp3) is 1.00. The van der Waals surface area contributed by atoms with Crippen LogP contribution in [-0.2, 0) is 0 Å². The van der Waals surface area contributed by atoms with E-state index in [9.17, 15) is 0 Å². The average Bonchev–Trinajstić information content (AvgIpc) is 2.58. The molecular formula is C12H30N12. The van der Waals surface area contributed by atoms with Crippen LogP contribution in [0.4, 0.5) is 0 Å². The molecule has 5 saturated heterocycles. The van der Waals surface area contributed by atoms with Crippen molar-refractivity contribution >= 4 is 0 Å². The van der Waals surface area contributed by atoms with Gasteiger partial charge in [0.2, 0.25) is 0 Å². The molecule has 6 N–H and O–H groups in total. The number of hydrogen-bond donors (Lipinski definition) is 6. The van der Waals surface area contributed by atoms with Crippen molar-refractivity contribution in [3.05, 3.63) is 0 Å². The quantitative estimate of drug-likeness (QED) is 0.257. The van der Waals surface area contributed by atoms with Gasteiger partial charge in [-0.3, -0.25) is 32.6 Å². The molecule has 0 aliphatic carbocycles. The van der Waals surface area contributed by atoms with Crippen molar-refractivity contribution in [3.8, 4) is 0 Å². The first-order valence-electron chi connectivity index (χ1n) is 8.76. The van der Waals surface area contributed by atoms with Gasteiger partial charge in [-0.2, -0.15) is 0 Å². The van der Waals surface area contributed by atoms with E-state index in [2.05, 4.69) is 62.6 Å². The van der Waals surface area contributed by atoms with Crippen molar-refractivity contribution in [3.63, 3.8) is 0 Å². The molecule has 0 aromatic carbocycles. The van der Waals surface area contributed by atoms with Crippen molar-refractivity contribution < 1.29 is 0 Å². The lowest BCUT2D eigenvalue weighted by atomic mass is 10.5. The molecule has 138 valence electrons. The maximum atomic E-state index is 3.52. The number of rotatable bonds is 0. The zero-order valence-corrected chi connectivity index (χ0v) is 14.2. The smallest absolute Gasteiger partial charge is 0.0812 e. The van der Waals surface area contributed by atoms with Gasteiger partial charge in [-0.15, -0.1) is 0 Å². The van der Waals surface area contributed by atoms with Crippen LogP contribution in [0.1, 0.15) is 0 Å². The second-order valence-electron chi connectivity index (χ2n) is 6.54. The monoisotopic (exact) mass is 342 g/mol. The molecule has 0 amide bonds. The van der Waals surface area contributed by atoms with Gasteiger partial charge in [-0.05, 0) is 0 Å². The van der Waals surface area contributed by atoms with Crippen LogP contribution >= 0.6 is 0 Å². The van der Waals surface area contributed by atoms with Gasteiger partial charge in [0.15, 0.2) is 0 Å². The summed E-state index contributed by atoms with van der Waals surface area (Å²) in [6.07, 6.45) is 0. The molecule has 5 rings (SSSR count). The van der Waals surface area contributed by atoms with Crippen LogP contribution in [0, 0.1) is 0 Å². The zero-order chi connectivity index (χ0) is 16.2. The molecule has 0 spiro atoms. The summed E-state index contributed by atoms with van der Waals surface area (Å²) in [6.45, 7) is 10.5. The largest absolute Gasteiger partial charge is 0.251 e. The normalized spacial score (nSPS) is 45.0. The van der Waals surface area contributed by atoms with Crippen molar-refractivity contribution in [2.75, 3.05) is 79.3 Å². The Morgan fingerprint density at radius 1 is 0.292 bits per heavy atom. The van der Waals surface area contributed by atoms with Crippen LogP contribution in [0.3, 0.4) is 0 Å². The number of fused-ring (bicyclic) bond motifs is 9. The van der Waals surface area contributed by atoms with Gasteiger partial charge in [0, 0.05) is 39.3 Å². The van der Waals surface area contributed by atoms with Crippen LogP contribution in [0.5, 0.6) is 0 Å². The molecule has 5 aliphatic rings. The van der Waals surface area contributed by atoms with Gasteiger partial charge in [-0.1, -0.05) is 0 Å². The Kier molecular flexibility index (Phi) is 5.84. The summed E-state index contributed by atoms with van der Waals surface area (Å²) in [7, 11) is 0. The molecule has 0 saturated carbocycles. The summed E-state index contributed by atoms with van der Waals surface area (Å²) in [4.78, 5) is 0. The molecule has 0 atom stereocenters. The lowest BCUT2D eigenvalue weighted by molar-refractivity contribution is -0.120. The molecule has 24 heavy (non-hydrogen) atoms. The fourth-order valence-electron chi connectivity index (χ4n) is 3.39. The predicted molar refractivity (Wildman–Crippen MR) is 88.3 cm³/mol. The summed E-state index contributed by atoms with van der Waals surface area (Å²) in [5, 5.41) is 13.4. The van der Waals surface area contributed by atoms with Crippen LogP contribution in [0.2, 0.25) is 0 Å². The minimum atomic E-state index is 0.859. The first kappa shape index (κ1) is 17.0. The lowest BCUT2D eigenvalue weighted by Crippen LogP contribution is -2.69. The molecule has 5 aliphatic heterocycles. The third kappa shape index (κ3) is 4.57. The summed E-state index contributed by atoms with van der Waals surface area (Å²) in [5.41, 5.74) is 21.1. The Bertz CT molecular complexity index is 291. The summed E-state index contributed by atoms with van der Waals surface area (Å²) in [6, 6.07) is 0. The number of hydrogen-bond acceptors (Lipinski definition) is 12. The van der Waals surface area contributed by atoms with Crippen molar-refractivity contribution in [2.45, 2.75) is 0 Å². The highest BCUT2D eigenvalue weighted by atomic mass is 15.8. The fourth-order valence-corrected chi connectivity index (χ4v) is 3.39. The van der Waals surface area contributed by atoms with E-state index >= 15 is 0 Å². The van der Waals surface area contributed by atoms with Crippen LogP contribution in [0.25, 0.3) is 0 Å². The highest BCUT2D eigenvalue weighted by Crippen LogP contribution is 2.03. The van der Waals surface area contributed by atoms with E-state index in [0.717, 1.165) is 79.3 Å². The molecule has 6 bridgehead atoms. The van der Waals surface area contributed by atoms with Gasteiger partial charge in [0.25, 0.3) is 0 Å². The van der Waals surface area contributed by atoms with E-state index < -0.39 is 0 Å². The predicted octanol–water partition coefficient (Wildman–Crippen LogP) is -4.37. The van der Waals surface area contributed by atoms with Crippen LogP contribution in [0.15, 0.2) is 0 Å². The first-order valence-corrected chi connectivity index (χ1v) is 8.76. The summed E-state index contributed by atoms with van der Waals surface area (Å²) >= 11 is 0. The van der Waals surface area contributed by atoms with Gasteiger partial charge >= 0.3 is 0 Å². The molecule has 5 fully saturated rings. The topological polar surface area (TPSA) is 91.6 Å². The van der Waals surface area contributed by atoms with Crippen molar-refractivity contribution in [2.24, 2.45) is 0 Å². The summed E-state index contributed by atoms with van der Waals surface area (Å²) < 4.78 is 0. The number of nitrogens with one attached hydrogen (secondary N) is 6. The Balaban J connectivity index is 1.50. The Morgan fingerprint density at radius 2 is 0.458 bits per heavy atom. The second kappa shape index (κ2) is 8.27. The van der Waals surface area contributed by atoms with E-state index in [-0.39, 0.29) is 0 Å². The van der Waals surface area contributed by atoms with E-state index in [1.807, 2.05) is 0 Å². The summed E-state index contributed by atoms with van der Waals surface area (Å²) in [5.74, 6) is 0. The van der Waals surface area contributed by atoms with Crippen LogP contribution < -0.4 is 32.6 Å². The Labute approximate surface area is 142 Å². The maximum absolute atomic E-state index is 3.52. The van der Waals surface area contributed by atoms with E-state index in [4.69, 9.17) is 0 Å². The van der Waals surface area contributed by atoms with Gasteiger partial charge in [0.05, 0.1) is 40.0 Å². The van der Waals surface area contributed by atoms with Gasteiger partial charge < -0.3 is 0 Å². The van der Waals surface area contributed by atoms with Crippen LogP contribution in [-0.4, -0.2) is 109 Å². The minimum absolute atomic E-state index is 0.859. The Hall–Kier alpha value is -0.480. The highest BCUT2D eigenvalue weighted by molar-refractivity contribution is 4.68. The van der Waals surface area contributed by atoms with Gasteiger partial charge in [-0.25, -0.2) is 30.1 Å². The Morgan fingerprint density at radius 3 is 0.625 bits per heavy atom. The molecule has 0 unspecified atom stereocenters. The average molecular weight is 342 g/mol. The van der Waals surface area contributed by atoms with E-state index in [0.29, 0.717) is 0 Å². The SMILES string of the molecule is C1CNN2CN3CN(C2)NCCNN2CN(CN(C2)NCCN3)N1. The first-order chi connectivity index (χ1) is 11.8. The third-order valence-electron chi connectivity index (χ3n) is 4.44.